The summed E-state index contributed by atoms with van der Waals surface area (Å²) in [6, 6.07) is 4.04. The van der Waals surface area contributed by atoms with E-state index in [9.17, 15) is 18.9 Å². The van der Waals surface area contributed by atoms with Crippen LogP contribution >= 0.6 is 0 Å². The highest BCUT2D eigenvalue weighted by Gasteiger charge is 2.17. The fourth-order valence-corrected chi connectivity index (χ4v) is 1.27. The average molecular weight is 261 g/mol. The van der Waals surface area contributed by atoms with Crippen molar-refractivity contribution in [2.45, 2.75) is 12.5 Å². The molecule has 0 fully saturated rings. The molecule has 0 heterocycles. The van der Waals surface area contributed by atoms with E-state index in [-0.39, 0.29) is 17.9 Å². The van der Waals surface area contributed by atoms with E-state index in [2.05, 4.69) is 10.6 Å². The SMILES string of the molecule is CNc1cc(NCC(O)C(F)F)cc([N+](=O)[O-])c1. The minimum absolute atomic E-state index is 0.170. The molecule has 0 spiro atoms. The molecule has 0 radical (unpaired) electrons. The first-order valence-corrected chi connectivity index (χ1v) is 5.11. The Kier molecular flexibility index (Phi) is 4.78. The molecule has 100 valence electrons. The van der Waals surface area contributed by atoms with Crippen LogP contribution in [0.15, 0.2) is 18.2 Å². The molecule has 0 aliphatic carbocycles. The Morgan fingerprint density at radius 1 is 1.39 bits per heavy atom. The van der Waals surface area contributed by atoms with Crippen LogP contribution in [-0.2, 0) is 0 Å². The number of aliphatic hydroxyl groups is 1. The van der Waals surface area contributed by atoms with Crippen LogP contribution in [0.3, 0.4) is 0 Å². The van der Waals surface area contributed by atoms with Crippen molar-refractivity contribution in [1.29, 1.82) is 0 Å². The summed E-state index contributed by atoms with van der Waals surface area (Å²) in [5.74, 6) is 0. The van der Waals surface area contributed by atoms with Crippen LogP contribution in [0, 0.1) is 10.1 Å². The summed E-state index contributed by atoms with van der Waals surface area (Å²) in [7, 11) is 1.58. The number of halogens is 2. The van der Waals surface area contributed by atoms with Crippen molar-refractivity contribution in [2.75, 3.05) is 24.2 Å². The molecule has 3 N–H and O–H groups in total. The van der Waals surface area contributed by atoms with E-state index in [0.717, 1.165) is 0 Å². The Morgan fingerprint density at radius 3 is 2.50 bits per heavy atom. The van der Waals surface area contributed by atoms with E-state index in [1.807, 2.05) is 0 Å². The van der Waals surface area contributed by atoms with Gasteiger partial charge in [0.1, 0.15) is 6.10 Å². The van der Waals surface area contributed by atoms with Gasteiger partial charge in [0.2, 0.25) is 0 Å². The Hall–Kier alpha value is -1.96. The molecular weight excluding hydrogens is 248 g/mol. The van der Waals surface area contributed by atoms with Crippen molar-refractivity contribution < 1.29 is 18.8 Å². The molecule has 6 nitrogen and oxygen atoms in total. The highest BCUT2D eigenvalue weighted by molar-refractivity contribution is 5.63. The Balaban J connectivity index is 2.81. The van der Waals surface area contributed by atoms with Crippen LogP contribution < -0.4 is 10.6 Å². The van der Waals surface area contributed by atoms with Gasteiger partial charge in [-0.05, 0) is 6.07 Å². The molecule has 0 aromatic heterocycles. The molecular formula is C10H13F2N3O3. The van der Waals surface area contributed by atoms with E-state index in [1.165, 1.54) is 18.2 Å². The fraction of sp³-hybridized carbons (Fsp3) is 0.400. The Labute approximate surface area is 102 Å². The van der Waals surface area contributed by atoms with Crippen molar-refractivity contribution in [3.8, 4) is 0 Å². The van der Waals surface area contributed by atoms with Gasteiger partial charge in [0.05, 0.1) is 4.92 Å². The van der Waals surface area contributed by atoms with Crippen molar-refractivity contribution in [3.05, 3.63) is 28.3 Å². The van der Waals surface area contributed by atoms with Gasteiger partial charge < -0.3 is 15.7 Å². The summed E-state index contributed by atoms with van der Waals surface area (Å²) in [6.07, 6.45) is -4.68. The molecule has 1 atom stereocenters. The number of nitrogens with one attached hydrogen (secondary N) is 2. The van der Waals surface area contributed by atoms with Gasteiger partial charge in [0, 0.05) is 37.1 Å². The van der Waals surface area contributed by atoms with Crippen LogP contribution in [-0.4, -0.2) is 36.2 Å². The predicted octanol–water partition coefficient (Wildman–Crippen LogP) is 1.67. The normalized spacial score (nSPS) is 12.3. The topological polar surface area (TPSA) is 87.4 Å². The standard InChI is InChI=1S/C10H13F2N3O3/c1-13-6-2-7(4-8(3-6)15(17)18)14-5-9(16)10(11)12/h2-4,9-10,13-14,16H,5H2,1H3. The van der Waals surface area contributed by atoms with Crippen molar-refractivity contribution in [1.82, 2.24) is 0 Å². The lowest BCUT2D eigenvalue weighted by molar-refractivity contribution is -0.384. The van der Waals surface area contributed by atoms with Gasteiger partial charge >= 0.3 is 0 Å². The van der Waals surface area contributed by atoms with Gasteiger partial charge in [0.25, 0.3) is 12.1 Å². The first kappa shape index (κ1) is 14.1. The third kappa shape index (κ3) is 3.81. The van der Waals surface area contributed by atoms with Crippen LogP contribution in [0.5, 0.6) is 0 Å². The number of nitro benzene ring substituents is 1. The van der Waals surface area contributed by atoms with Crippen LogP contribution in [0.4, 0.5) is 25.8 Å². The number of aliphatic hydroxyl groups excluding tert-OH is 1. The first-order chi connectivity index (χ1) is 8.43. The maximum Gasteiger partial charge on any atom is 0.273 e. The molecule has 8 heteroatoms. The zero-order valence-electron chi connectivity index (χ0n) is 9.56. The molecule has 1 aromatic rings. The fourth-order valence-electron chi connectivity index (χ4n) is 1.27. The van der Waals surface area contributed by atoms with E-state index in [4.69, 9.17) is 5.11 Å². The van der Waals surface area contributed by atoms with E-state index >= 15 is 0 Å². The summed E-state index contributed by atoms with van der Waals surface area (Å²) < 4.78 is 24.1. The second kappa shape index (κ2) is 6.10. The summed E-state index contributed by atoms with van der Waals surface area (Å²) >= 11 is 0. The number of benzene rings is 1. The molecule has 1 rings (SSSR count). The third-order valence-corrected chi connectivity index (χ3v) is 2.22. The van der Waals surface area contributed by atoms with Gasteiger partial charge in [-0.1, -0.05) is 0 Å². The molecule has 0 bridgehead atoms. The number of nitrogens with zero attached hydrogens (tertiary/aromatic N) is 1. The highest BCUT2D eigenvalue weighted by Crippen LogP contribution is 2.24. The summed E-state index contributed by atoms with van der Waals surface area (Å²) in [5, 5.41) is 24.8. The molecule has 0 amide bonds. The zero-order valence-corrected chi connectivity index (χ0v) is 9.56. The minimum atomic E-state index is -2.86. The highest BCUT2D eigenvalue weighted by atomic mass is 19.3. The molecule has 1 aromatic carbocycles. The zero-order chi connectivity index (χ0) is 13.7. The Morgan fingerprint density at radius 2 is 2.00 bits per heavy atom. The monoisotopic (exact) mass is 261 g/mol. The molecule has 0 saturated carbocycles. The molecule has 0 aliphatic heterocycles. The van der Waals surface area contributed by atoms with E-state index in [1.54, 1.807) is 7.05 Å². The quantitative estimate of drug-likeness (QED) is 0.535. The lowest BCUT2D eigenvalue weighted by Gasteiger charge is -2.12. The number of nitro groups is 1. The number of alkyl halides is 2. The summed E-state index contributed by atoms with van der Waals surface area (Å²) in [5.41, 5.74) is 0.586. The summed E-state index contributed by atoms with van der Waals surface area (Å²) in [4.78, 5) is 10.1. The number of non-ortho nitro benzene ring substituents is 1. The van der Waals surface area contributed by atoms with Crippen molar-refractivity contribution >= 4 is 17.1 Å². The van der Waals surface area contributed by atoms with Gasteiger partial charge in [-0.3, -0.25) is 10.1 Å². The number of hydrogen-bond acceptors (Lipinski definition) is 5. The van der Waals surface area contributed by atoms with Crippen LogP contribution in [0.25, 0.3) is 0 Å². The minimum Gasteiger partial charge on any atom is -0.388 e. The van der Waals surface area contributed by atoms with E-state index < -0.39 is 17.5 Å². The second-order valence-corrected chi connectivity index (χ2v) is 3.56. The van der Waals surface area contributed by atoms with E-state index in [0.29, 0.717) is 5.69 Å². The van der Waals surface area contributed by atoms with Gasteiger partial charge in [0.15, 0.2) is 0 Å². The van der Waals surface area contributed by atoms with Gasteiger partial charge in [-0.2, -0.15) is 0 Å². The van der Waals surface area contributed by atoms with Gasteiger partial charge in [-0.15, -0.1) is 0 Å². The Bertz CT molecular complexity index is 429. The number of rotatable bonds is 6. The lowest BCUT2D eigenvalue weighted by atomic mass is 10.2. The molecule has 0 aliphatic rings. The third-order valence-electron chi connectivity index (χ3n) is 2.22. The van der Waals surface area contributed by atoms with Gasteiger partial charge in [-0.25, -0.2) is 8.78 Å². The number of hydrogen-bond donors (Lipinski definition) is 3. The maximum atomic E-state index is 12.1. The lowest BCUT2D eigenvalue weighted by Crippen LogP contribution is -2.26. The second-order valence-electron chi connectivity index (χ2n) is 3.56. The van der Waals surface area contributed by atoms with Crippen molar-refractivity contribution in [3.63, 3.8) is 0 Å². The molecule has 1 unspecified atom stereocenters. The number of anilines is 2. The first-order valence-electron chi connectivity index (χ1n) is 5.11. The smallest absolute Gasteiger partial charge is 0.273 e. The largest absolute Gasteiger partial charge is 0.388 e. The average Bonchev–Trinajstić information content (AvgIpc) is 2.35. The van der Waals surface area contributed by atoms with Crippen molar-refractivity contribution in [2.24, 2.45) is 0 Å². The summed E-state index contributed by atoms with van der Waals surface area (Å²) in [6.45, 7) is -0.387. The maximum absolute atomic E-state index is 12.1. The van der Waals surface area contributed by atoms with Crippen LogP contribution in [0.1, 0.15) is 0 Å². The van der Waals surface area contributed by atoms with Crippen LogP contribution in [0.2, 0.25) is 0 Å². The predicted molar refractivity (Wildman–Crippen MR) is 63.1 cm³/mol. The molecule has 0 saturated heterocycles. The molecule has 18 heavy (non-hydrogen) atoms.